The van der Waals surface area contributed by atoms with Crippen molar-refractivity contribution in [2.75, 3.05) is 6.54 Å². The molecule has 3 heterocycles. The van der Waals surface area contributed by atoms with Gasteiger partial charge in [-0.05, 0) is 38.3 Å². The number of rotatable bonds is 3. The zero-order valence-electron chi connectivity index (χ0n) is 13.6. The maximum Gasteiger partial charge on any atom is 0.244 e. The topological polar surface area (TPSA) is 63.9 Å². The van der Waals surface area contributed by atoms with Gasteiger partial charge < -0.3 is 4.90 Å². The predicted octanol–water partition coefficient (Wildman–Crippen LogP) is 2.95. The summed E-state index contributed by atoms with van der Waals surface area (Å²) in [5.41, 5.74) is 2.73. The van der Waals surface area contributed by atoms with Crippen molar-refractivity contribution in [3.05, 3.63) is 40.3 Å². The summed E-state index contributed by atoms with van der Waals surface area (Å²) in [6.45, 7) is 3.01. The van der Waals surface area contributed by atoms with Crippen LogP contribution in [-0.4, -0.2) is 37.3 Å². The first-order valence-electron chi connectivity index (χ1n) is 8.22. The van der Waals surface area contributed by atoms with Crippen LogP contribution in [0.4, 0.5) is 0 Å². The monoisotopic (exact) mass is 341 g/mol. The Kier molecular flexibility index (Phi) is 4.02. The molecule has 1 amide bonds. The Bertz CT molecular complexity index is 871. The van der Waals surface area contributed by atoms with E-state index in [1.165, 1.54) is 0 Å². The van der Waals surface area contributed by atoms with E-state index in [0.717, 1.165) is 47.5 Å². The Morgan fingerprint density at radius 1 is 1.33 bits per heavy atom. The van der Waals surface area contributed by atoms with Gasteiger partial charge in [0.2, 0.25) is 5.91 Å². The van der Waals surface area contributed by atoms with Crippen molar-refractivity contribution in [1.82, 2.24) is 24.9 Å². The summed E-state index contributed by atoms with van der Waals surface area (Å²) < 4.78 is 1.69. The Labute approximate surface area is 144 Å². The minimum Gasteiger partial charge on any atom is -0.332 e. The normalized spacial score (nSPS) is 18.2. The van der Waals surface area contributed by atoms with E-state index in [0.29, 0.717) is 0 Å². The third-order valence-corrected chi connectivity index (χ3v) is 5.51. The third kappa shape index (κ3) is 2.80. The number of likely N-dealkylation sites (tertiary alicyclic amines) is 1. The highest BCUT2D eigenvalue weighted by Gasteiger charge is 2.30. The molecule has 0 N–H and O–H groups in total. The Balaban J connectivity index is 1.57. The lowest BCUT2D eigenvalue weighted by Crippen LogP contribution is -2.40. The number of piperidine rings is 1. The van der Waals surface area contributed by atoms with Gasteiger partial charge in [-0.2, -0.15) is 0 Å². The summed E-state index contributed by atoms with van der Waals surface area (Å²) in [5, 5.41) is 11.4. The molecule has 0 aliphatic carbocycles. The second-order valence-electron chi connectivity index (χ2n) is 6.16. The number of carbonyl (C=O) groups excluding carboxylic acids is 1. The van der Waals surface area contributed by atoms with Crippen LogP contribution in [-0.2, 0) is 11.3 Å². The first-order valence-corrected chi connectivity index (χ1v) is 9.10. The van der Waals surface area contributed by atoms with E-state index >= 15 is 0 Å². The van der Waals surface area contributed by atoms with Crippen molar-refractivity contribution in [3.8, 4) is 0 Å². The molecule has 0 saturated carbocycles. The van der Waals surface area contributed by atoms with E-state index in [-0.39, 0.29) is 18.5 Å². The van der Waals surface area contributed by atoms with Gasteiger partial charge in [0.1, 0.15) is 17.1 Å². The van der Waals surface area contributed by atoms with Gasteiger partial charge in [-0.1, -0.05) is 17.3 Å². The van der Waals surface area contributed by atoms with Crippen molar-refractivity contribution in [2.24, 2.45) is 0 Å². The molecule has 2 aromatic heterocycles. The van der Waals surface area contributed by atoms with Crippen LogP contribution in [0.15, 0.2) is 29.6 Å². The Morgan fingerprint density at radius 2 is 2.21 bits per heavy atom. The number of thiazole rings is 1. The minimum atomic E-state index is 0.0863. The van der Waals surface area contributed by atoms with Crippen LogP contribution < -0.4 is 0 Å². The molecule has 124 valence electrons. The largest absolute Gasteiger partial charge is 0.332 e. The van der Waals surface area contributed by atoms with Crippen LogP contribution >= 0.6 is 11.3 Å². The number of hydrogen-bond acceptors (Lipinski definition) is 5. The van der Waals surface area contributed by atoms with Gasteiger partial charge in [0, 0.05) is 17.6 Å². The smallest absolute Gasteiger partial charge is 0.244 e. The van der Waals surface area contributed by atoms with Gasteiger partial charge in [0.05, 0.1) is 11.6 Å². The van der Waals surface area contributed by atoms with Crippen molar-refractivity contribution < 1.29 is 4.79 Å². The van der Waals surface area contributed by atoms with Crippen LogP contribution in [0.5, 0.6) is 0 Å². The Hall–Kier alpha value is -2.28. The van der Waals surface area contributed by atoms with Gasteiger partial charge >= 0.3 is 0 Å². The molecule has 7 heteroatoms. The fourth-order valence-electron chi connectivity index (χ4n) is 3.27. The summed E-state index contributed by atoms with van der Waals surface area (Å²) in [6, 6.07) is 7.81. The van der Waals surface area contributed by atoms with Gasteiger partial charge in [-0.15, -0.1) is 16.4 Å². The van der Waals surface area contributed by atoms with Crippen LogP contribution in [0.3, 0.4) is 0 Å². The predicted molar refractivity (Wildman–Crippen MR) is 92.7 cm³/mol. The summed E-state index contributed by atoms with van der Waals surface area (Å²) in [6.07, 6.45) is 3.17. The second kappa shape index (κ2) is 6.32. The van der Waals surface area contributed by atoms with Crippen LogP contribution in [0.2, 0.25) is 0 Å². The summed E-state index contributed by atoms with van der Waals surface area (Å²) in [7, 11) is 0. The van der Waals surface area contributed by atoms with E-state index in [4.69, 9.17) is 0 Å². The lowest BCUT2D eigenvalue weighted by molar-refractivity contribution is -0.135. The molecule has 1 saturated heterocycles. The van der Waals surface area contributed by atoms with Crippen LogP contribution in [0.1, 0.15) is 36.0 Å². The number of hydrogen-bond donors (Lipinski definition) is 0. The Morgan fingerprint density at radius 3 is 3.04 bits per heavy atom. The molecule has 24 heavy (non-hydrogen) atoms. The standard InChI is InChI=1S/C17H19N5OS/c1-12-11-24-17(18-12)15-8-4-5-9-21(15)16(23)10-22-14-7-3-2-6-13(14)19-20-22/h2-3,6-7,11,15H,4-5,8-10H2,1H3. The number of fused-ring (bicyclic) bond motifs is 1. The van der Waals surface area contributed by atoms with Crippen LogP contribution in [0.25, 0.3) is 11.0 Å². The summed E-state index contributed by atoms with van der Waals surface area (Å²) >= 11 is 1.65. The minimum absolute atomic E-state index is 0.0863. The lowest BCUT2D eigenvalue weighted by atomic mass is 10.0. The van der Waals surface area contributed by atoms with Crippen molar-refractivity contribution in [2.45, 2.75) is 38.8 Å². The maximum atomic E-state index is 12.9. The first kappa shape index (κ1) is 15.3. The highest BCUT2D eigenvalue weighted by atomic mass is 32.1. The average Bonchev–Trinajstić information content (AvgIpc) is 3.22. The highest BCUT2D eigenvalue weighted by Crippen LogP contribution is 2.33. The number of nitrogens with zero attached hydrogens (tertiary/aromatic N) is 5. The molecule has 3 aromatic rings. The molecule has 1 unspecified atom stereocenters. The fourth-order valence-corrected chi connectivity index (χ4v) is 4.21. The first-order chi connectivity index (χ1) is 11.7. The van der Waals surface area contributed by atoms with Gasteiger partial charge in [0.25, 0.3) is 0 Å². The molecular formula is C17H19N5OS. The molecule has 6 nitrogen and oxygen atoms in total. The zero-order chi connectivity index (χ0) is 16.5. The lowest BCUT2D eigenvalue weighted by Gasteiger charge is -2.34. The molecule has 1 aromatic carbocycles. The average molecular weight is 341 g/mol. The molecule has 1 atom stereocenters. The van der Waals surface area contributed by atoms with Crippen molar-refractivity contribution in [1.29, 1.82) is 0 Å². The van der Waals surface area contributed by atoms with Crippen molar-refractivity contribution in [3.63, 3.8) is 0 Å². The van der Waals surface area contributed by atoms with E-state index < -0.39 is 0 Å². The number of aromatic nitrogens is 4. The molecular weight excluding hydrogens is 322 g/mol. The quantitative estimate of drug-likeness (QED) is 0.735. The van der Waals surface area contributed by atoms with E-state index in [2.05, 4.69) is 20.7 Å². The molecule has 1 fully saturated rings. The van der Waals surface area contributed by atoms with E-state index in [1.54, 1.807) is 16.0 Å². The summed E-state index contributed by atoms with van der Waals surface area (Å²) in [4.78, 5) is 19.5. The SMILES string of the molecule is Cc1csc(C2CCCCN2C(=O)Cn2nnc3ccccc32)n1. The van der Waals surface area contributed by atoms with E-state index in [1.807, 2.05) is 36.1 Å². The second-order valence-corrected chi connectivity index (χ2v) is 7.05. The van der Waals surface area contributed by atoms with E-state index in [9.17, 15) is 4.79 Å². The number of benzene rings is 1. The molecule has 1 aliphatic heterocycles. The number of aryl methyl sites for hydroxylation is 1. The maximum absolute atomic E-state index is 12.9. The molecule has 4 rings (SSSR count). The summed E-state index contributed by atoms with van der Waals surface area (Å²) in [5.74, 6) is 0.0863. The van der Waals surface area contributed by atoms with Gasteiger partial charge in [0.15, 0.2) is 0 Å². The van der Waals surface area contributed by atoms with Crippen molar-refractivity contribution >= 4 is 28.3 Å². The van der Waals surface area contributed by atoms with Gasteiger partial charge in [-0.3, -0.25) is 4.79 Å². The fraction of sp³-hybridized carbons (Fsp3) is 0.412. The number of amides is 1. The number of para-hydroxylation sites is 1. The van der Waals surface area contributed by atoms with Gasteiger partial charge in [-0.25, -0.2) is 9.67 Å². The third-order valence-electron chi connectivity index (χ3n) is 4.45. The molecule has 0 radical (unpaired) electrons. The molecule has 1 aliphatic rings. The molecule has 0 bridgehead atoms. The number of carbonyl (C=O) groups is 1. The highest BCUT2D eigenvalue weighted by molar-refractivity contribution is 7.09. The zero-order valence-corrected chi connectivity index (χ0v) is 14.4. The van der Waals surface area contributed by atoms with Crippen LogP contribution in [0, 0.1) is 6.92 Å². The molecule has 0 spiro atoms.